The number of unbranched alkanes of at least 4 members (excludes halogenated alkanes) is 26. The third-order valence-electron chi connectivity index (χ3n) is 12.1. The summed E-state index contributed by atoms with van der Waals surface area (Å²) in [4.78, 5) is 38.1. The standard InChI is InChI=1S/C62H106O6/c1-4-7-10-13-16-19-22-25-28-30-31-33-34-37-40-43-46-49-52-55-61(64)67-58-59(57-66-60(63)54-51-48-45-42-39-36-27-24-21-18-15-12-9-6-3)68-62(65)56-53-50-47-44-41-38-35-32-29-26-23-20-17-14-11-8-5-2/h8-9,11-12,17-18,20-21,26,29,35,38,44,47,59H,4-7,10,13-16,19,22-25,27-28,30-34,36-37,39-43,45-46,48-58H2,1-3H3/b11-8-,12-9-,20-17-,21-18-,29-26-,38-35-,47-44-. The molecule has 0 aliphatic rings. The largest absolute Gasteiger partial charge is 0.462 e. The lowest BCUT2D eigenvalue weighted by molar-refractivity contribution is -0.167. The minimum Gasteiger partial charge on any atom is -0.462 e. The van der Waals surface area contributed by atoms with Gasteiger partial charge < -0.3 is 14.2 Å². The van der Waals surface area contributed by atoms with Crippen LogP contribution in [-0.2, 0) is 28.6 Å². The Hall–Kier alpha value is -3.41. The lowest BCUT2D eigenvalue weighted by Crippen LogP contribution is -2.30. The number of hydrogen-bond donors (Lipinski definition) is 0. The average molecular weight is 948 g/mol. The SMILES string of the molecule is CC/C=C\C/C=C\C/C=C\C/C=C\C/C=C\CCCC(=O)OC(COC(=O)CCCCCCCCC/C=C\C/C=C\CC)COC(=O)CCCCCCCCCCCCCCCCCCCCC. The van der Waals surface area contributed by atoms with E-state index in [2.05, 4.69) is 106 Å². The predicted molar refractivity (Wildman–Crippen MR) is 293 cm³/mol. The van der Waals surface area contributed by atoms with Crippen molar-refractivity contribution in [3.63, 3.8) is 0 Å². The molecule has 6 heteroatoms. The quantitative estimate of drug-likeness (QED) is 0.0262. The summed E-state index contributed by atoms with van der Waals surface area (Å²) >= 11 is 0. The van der Waals surface area contributed by atoms with Gasteiger partial charge >= 0.3 is 17.9 Å². The Labute approximate surface area is 420 Å². The van der Waals surface area contributed by atoms with Crippen LogP contribution in [0.2, 0.25) is 0 Å². The Morgan fingerprint density at radius 1 is 0.309 bits per heavy atom. The molecule has 0 spiro atoms. The van der Waals surface area contributed by atoms with Crippen molar-refractivity contribution < 1.29 is 28.6 Å². The predicted octanol–water partition coefficient (Wildman–Crippen LogP) is 19.2. The van der Waals surface area contributed by atoms with Crippen LogP contribution in [-0.4, -0.2) is 37.2 Å². The van der Waals surface area contributed by atoms with Gasteiger partial charge in [0.2, 0.25) is 0 Å². The minimum absolute atomic E-state index is 0.0998. The van der Waals surface area contributed by atoms with Crippen LogP contribution in [0.4, 0.5) is 0 Å². The van der Waals surface area contributed by atoms with Gasteiger partial charge in [0, 0.05) is 19.3 Å². The second-order valence-corrected chi connectivity index (χ2v) is 18.8. The topological polar surface area (TPSA) is 78.9 Å². The van der Waals surface area contributed by atoms with Crippen molar-refractivity contribution in [1.82, 2.24) is 0 Å². The number of allylic oxidation sites excluding steroid dienone is 14. The van der Waals surface area contributed by atoms with Crippen LogP contribution in [0, 0.1) is 0 Å². The third-order valence-corrected chi connectivity index (χ3v) is 12.1. The molecular formula is C62H106O6. The van der Waals surface area contributed by atoms with Crippen LogP contribution in [0.5, 0.6) is 0 Å². The molecule has 68 heavy (non-hydrogen) atoms. The first kappa shape index (κ1) is 64.6. The summed E-state index contributed by atoms with van der Waals surface area (Å²) in [7, 11) is 0. The summed E-state index contributed by atoms with van der Waals surface area (Å²) in [6.07, 6.45) is 73.0. The van der Waals surface area contributed by atoms with E-state index in [1.54, 1.807) is 0 Å². The second kappa shape index (κ2) is 56.2. The van der Waals surface area contributed by atoms with E-state index in [0.717, 1.165) is 96.3 Å². The van der Waals surface area contributed by atoms with E-state index in [1.165, 1.54) is 128 Å². The van der Waals surface area contributed by atoms with Gasteiger partial charge in [-0.05, 0) is 83.5 Å². The molecule has 0 heterocycles. The molecule has 6 nitrogen and oxygen atoms in total. The average Bonchev–Trinajstić information content (AvgIpc) is 3.34. The molecule has 1 atom stereocenters. The van der Waals surface area contributed by atoms with Crippen molar-refractivity contribution in [2.75, 3.05) is 13.2 Å². The van der Waals surface area contributed by atoms with Gasteiger partial charge in [0.05, 0.1) is 0 Å². The summed E-state index contributed by atoms with van der Waals surface area (Å²) in [6.45, 7) is 6.39. The molecule has 0 saturated carbocycles. The zero-order valence-electron chi connectivity index (χ0n) is 44.6. The fraction of sp³-hybridized carbons (Fsp3) is 0.726. The maximum atomic E-state index is 12.8. The smallest absolute Gasteiger partial charge is 0.306 e. The van der Waals surface area contributed by atoms with Crippen molar-refractivity contribution >= 4 is 17.9 Å². The first-order chi connectivity index (χ1) is 33.5. The zero-order valence-corrected chi connectivity index (χ0v) is 44.6. The molecule has 0 aliphatic carbocycles. The minimum atomic E-state index is -0.808. The Morgan fingerprint density at radius 2 is 0.588 bits per heavy atom. The number of rotatable bonds is 51. The fourth-order valence-corrected chi connectivity index (χ4v) is 7.93. The highest BCUT2D eigenvalue weighted by Crippen LogP contribution is 2.16. The van der Waals surface area contributed by atoms with Gasteiger partial charge in [0.15, 0.2) is 6.10 Å². The van der Waals surface area contributed by atoms with Crippen LogP contribution < -0.4 is 0 Å². The highest BCUT2D eigenvalue weighted by atomic mass is 16.6. The summed E-state index contributed by atoms with van der Waals surface area (Å²) in [5.74, 6) is -0.960. The Kier molecular flexibility index (Phi) is 53.4. The van der Waals surface area contributed by atoms with Crippen molar-refractivity contribution in [3.05, 3.63) is 85.1 Å². The fourth-order valence-electron chi connectivity index (χ4n) is 7.93. The van der Waals surface area contributed by atoms with Crippen molar-refractivity contribution in [2.24, 2.45) is 0 Å². The summed E-state index contributed by atoms with van der Waals surface area (Å²) < 4.78 is 16.8. The first-order valence-electron chi connectivity index (χ1n) is 28.6. The van der Waals surface area contributed by atoms with E-state index in [9.17, 15) is 14.4 Å². The molecule has 0 aliphatic heterocycles. The molecule has 390 valence electrons. The zero-order chi connectivity index (χ0) is 49.3. The van der Waals surface area contributed by atoms with Gasteiger partial charge in [0.1, 0.15) is 13.2 Å². The third kappa shape index (κ3) is 53.5. The molecule has 0 aromatic carbocycles. The highest BCUT2D eigenvalue weighted by molar-refractivity contribution is 5.71. The van der Waals surface area contributed by atoms with Gasteiger partial charge in [-0.2, -0.15) is 0 Å². The van der Waals surface area contributed by atoms with Crippen LogP contribution in [0.25, 0.3) is 0 Å². The lowest BCUT2D eigenvalue weighted by Gasteiger charge is -2.18. The first-order valence-corrected chi connectivity index (χ1v) is 28.6. The van der Waals surface area contributed by atoms with E-state index in [4.69, 9.17) is 14.2 Å². The van der Waals surface area contributed by atoms with Gasteiger partial charge in [-0.25, -0.2) is 0 Å². The van der Waals surface area contributed by atoms with Gasteiger partial charge in [-0.15, -0.1) is 0 Å². The summed E-state index contributed by atoms with van der Waals surface area (Å²) in [6, 6.07) is 0. The monoisotopic (exact) mass is 947 g/mol. The van der Waals surface area contributed by atoms with Crippen LogP contribution >= 0.6 is 0 Å². The van der Waals surface area contributed by atoms with E-state index in [1.807, 2.05) is 0 Å². The second-order valence-electron chi connectivity index (χ2n) is 18.8. The van der Waals surface area contributed by atoms with Crippen molar-refractivity contribution in [1.29, 1.82) is 0 Å². The molecule has 0 aromatic rings. The Balaban J connectivity index is 4.43. The number of carbonyl (C=O) groups excluding carboxylic acids is 3. The maximum absolute atomic E-state index is 12.8. The molecule has 0 fully saturated rings. The number of hydrogen-bond acceptors (Lipinski definition) is 6. The number of carbonyl (C=O) groups is 3. The molecule has 0 saturated heterocycles. The van der Waals surface area contributed by atoms with Crippen LogP contribution in [0.1, 0.15) is 271 Å². The molecule has 1 unspecified atom stereocenters. The summed E-state index contributed by atoms with van der Waals surface area (Å²) in [5, 5.41) is 0. The van der Waals surface area contributed by atoms with Crippen molar-refractivity contribution in [3.8, 4) is 0 Å². The van der Waals surface area contributed by atoms with Crippen LogP contribution in [0.3, 0.4) is 0 Å². The van der Waals surface area contributed by atoms with E-state index in [0.29, 0.717) is 19.3 Å². The van der Waals surface area contributed by atoms with E-state index < -0.39 is 6.10 Å². The number of ether oxygens (including phenoxy) is 3. The highest BCUT2D eigenvalue weighted by Gasteiger charge is 2.19. The van der Waals surface area contributed by atoms with Gasteiger partial charge in [-0.1, -0.05) is 254 Å². The molecule has 0 aromatic heterocycles. The van der Waals surface area contributed by atoms with Gasteiger partial charge in [0.25, 0.3) is 0 Å². The van der Waals surface area contributed by atoms with Gasteiger partial charge in [-0.3, -0.25) is 14.4 Å². The molecule has 0 bridgehead atoms. The number of esters is 3. The lowest BCUT2D eigenvalue weighted by atomic mass is 10.0. The molecular weight excluding hydrogens is 841 g/mol. The Morgan fingerprint density at radius 3 is 0.941 bits per heavy atom. The molecule has 0 rings (SSSR count). The maximum Gasteiger partial charge on any atom is 0.306 e. The normalized spacial score (nSPS) is 12.7. The molecule has 0 N–H and O–H groups in total. The van der Waals surface area contributed by atoms with E-state index >= 15 is 0 Å². The molecule has 0 amide bonds. The molecule has 0 radical (unpaired) electrons. The van der Waals surface area contributed by atoms with E-state index in [-0.39, 0.29) is 37.5 Å². The Bertz CT molecular complexity index is 1320. The summed E-state index contributed by atoms with van der Waals surface area (Å²) in [5.41, 5.74) is 0. The van der Waals surface area contributed by atoms with Crippen molar-refractivity contribution in [2.45, 2.75) is 277 Å². The van der Waals surface area contributed by atoms with Crippen LogP contribution in [0.15, 0.2) is 85.1 Å².